The standard InChI is InChI=1S/C14H14ClNO4/c1-19-13-7-9(4-5-10(13)15)14(18)16-8-11(17)12-3-2-6-20-12/h2-7,11,17H,8H2,1H3,(H,16,18). The maximum atomic E-state index is 11.9. The number of halogens is 1. The quantitative estimate of drug-likeness (QED) is 0.888. The first-order valence-corrected chi connectivity index (χ1v) is 6.33. The largest absolute Gasteiger partial charge is 0.495 e. The summed E-state index contributed by atoms with van der Waals surface area (Å²) in [5.41, 5.74) is 0.401. The minimum atomic E-state index is -0.886. The molecule has 20 heavy (non-hydrogen) atoms. The van der Waals surface area contributed by atoms with Gasteiger partial charge in [-0.15, -0.1) is 0 Å². The Morgan fingerprint density at radius 1 is 1.50 bits per heavy atom. The lowest BCUT2D eigenvalue weighted by molar-refractivity contribution is 0.0901. The number of hydrogen-bond donors (Lipinski definition) is 2. The van der Waals surface area contributed by atoms with Crippen LogP contribution in [0.2, 0.25) is 5.02 Å². The zero-order chi connectivity index (χ0) is 14.5. The summed E-state index contributed by atoms with van der Waals surface area (Å²) >= 11 is 5.89. The molecule has 0 saturated carbocycles. The normalized spacial score (nSPS) is 11.9. The minimum Gasteiger partial charge on any atom is -0.495 e. The number of benzene rings is 1. The Morgan fingerprint density at radius 3 is 2.95 bits per heavy atom. The first-order valence-electron chi connectivity index (χ1n) is 5.95. The lowest BCUT2D eigenvalue weighted by Crippen LogP contribution is -2.28. The molecule has 0 bridgehead atoms. The molecule has 0 radical (unpaired) electrons. The highest BCUT2D eigenvalue weighted by Crippen LogP contribution is 2.25. The van der Waals surface area contributed by atoms with Gasteiger partial charge in [-0.05, 0) is 30.3 Å². The molecule has 2 aromatic rings. The van der Waals surface area contributed by atoms with Crippen molar-refractivity contribution in [3.8, 4) is 5.75 Å². The van der Waals surface area contributed by atoms with Gasteiger partial charge in [0.15, 0.2) is 0 Å². The van der Waals surface area contributed by atoms with E-state index < -0.39 is 6.10 Å². The third-order valence-corrected chi connectivity index (χ3v) is 3.05. The molecule has 106 valence electrons. The van der Waals surface area contributed by atoms with Gasteiger partial charge in [-0.3, -0.25) is 4.79 Å². The van der Waals surface area contributed by atoms with E-state index in [0.717, 1.165) is 0 Å². The number of hydrogen-bond acceptors (Lipinski definition) is 4. The monoisotopic (exact) mass is 295 g/mol. The lowest BCUT2D eigenvalue weighted by atomic mass is 10.2. The third kappa shape index (κ3) is 3.31. The van der Waals surface area contributed by atoms with Gasteiger partial charge in [0.2, 0.25) is 0 Å². The van der Waals surface area contributed by atoms with Crippen molar-refractivity contribution < 1.29 is 19.1 Å². The summed E-state index contributed by atoms with van der Waals surface area (Å²) in [5.74, 6) is 0.496. The van der Waals surface area contributed by atoms with E-state index in [2.05, 4.69) is 5.32 Å². The van der Waals surface area contributed by atoms with Crippen molar-refractivity contribution in [2.75, 3.05) is 13.7 Å². The molecule has 0 fully saturated rings. The van der Waals surface area contributed by atoms with E-state index in [0.29, 0.717) is 22.1 Å². The summed E-state index contributed by atoms with van der Waals surface area (Å²) < 4.78 is 10.1. The van der Waals surface area contributed by atoms with Crippen LogP contribution in [0.15, 0.2) is 41.0 Å². The molecule has 1 heterocycles. The van der Waals surface area contributed by atoms with E-state index in [1.54, 1.807) is 24.3 Å². The minimum absolute atomic E-state index is 0.0529. The van der Waals surface area contributed by atoms with Crippen LogP contribution in [-0.2, 0) is 0 Å². The molecule has 2 N–H and O–H groups in total. The van der Waals surface area contributed by atoms with E-state index in [-0.39, 0.29) is 12.5 Å². The molecular weight excluding hydrogens is 282 g/mol. The van der Waals surface area contributed by atoms with Gasteiger partial charge in [0.25, 0.3) is 5.91 Å². The number of furan rings is 1. The Balaban J connectivity index is 1.98. The lowest BCUT2D eigenvalue weighted by Gasteiger charge is -2.10. The van der Waals surface area contributed by atoms with Crippen LogP contribution < -0.4 is 10.1 Å². The number of carbonyl (C=O) groups is 1. The van der Waals surface area contributed by atoms with Crippen molar-refractivity contribution in [3.05, 3.63) is 52.9 Å². The van der Waals surface area contributed by atoms with E-state index in [1.165, 1.54) is 19.4 Å². The molecule has 0 aliphatic rings. The van der Waals surface area contributed by atoms with Crippen LogP contribution in [0.1, 0.15) is 22.2 Å². The van der Waals surface area contributed by atoms with Gasteiger partial charge in [-0.1, -0.05) is 11.6 Å². The topological polar surface area (TPSA) is 71.7 Å². The van der Waals surface area contributed by atoms with Gasteiger partial charge in [0, 0.05) is 5.56 Å². The number of amides is 1. The fraction of sp³-hybridized carbons (Fsp3) is 0.214. The Labute approximate surface area is 121 Å². The van der Waals surface area contributed by atoms with E-state index >= 15 is 0 Å². The molecule has 6 heteroatoms. The van der Waals surface area contributed by atoms with Crippen LogP contribution in [-0.4, -0.2) is 24.7 Å². The predicted octanol–water partition coefficient (Wildman–Crippen LogP) is 2.41. The first kappa shape index (κ1) is 14.4. The van der Waals surface area contributed by atoms with Gasteiger partial charge in [0.1, 0.15) is 17.6 Å². The second kappa shape index (κ2) is 6.45. The summed E-state index contributed by atoms with van der Waals surface area (Å²) in [7, 11) is 1.48. The number of aliphatic hydroxyl groups is 1. The zero-order valence-corrected chi connectivity index (χ0v) is 11.6. The molecule has 0 spiro atoms. The van der Waals surface area contributed by atoms with Crippen molar-refractivity contribution in [1.29, 1.82) is 0 Å². The molecule has 0 aliphatic heterocycles. The zero-order valence-electron chi connectivity index (χ0n) is 10.8. The average Bonchev–Trinajstić information content (AvgIpc) is 2.99. The highest BCUT2D eigenvalue weighted by Gasteiger charge is 2.14. The average molecular weight is 296 g/mol. The summed E-state index contributed by atoms with van der Waals surface area (Å²) in [6.07, 6.45) is 0.577. The fourth-order valence-corrected chi connectivity index (χ4v) is 1.87. The predicted molar refractivity (Wildman–Crippen MR) is 74.0 cm³/mol. The second-order valence-corrected chi connectivity index (χ2v) is 4.50. The Bertz CT molecular complexity index is 583. The molecule has 2 rings (SSSR count). The van der Waals surface area contributed by atoms with Crippen molar-refractivity contribution in [2.45, 2.75) is 6.10 Å². The second-order valence-electron chi connectivity index (χ2n) is 4.09. The Hall–Kier alpha value is -1.98. The van der Waals surface area contributed by atoms with Gasteiger partial charge >= 0.3 is 0 Å². The van der Waals surface area contributed by atoms with Gasteiger partial charge < -0.3 is 19.6 Å². The molecule has 5 nitrogen and oxygen atoms in total. The van der Waals surface area contributed by atoms with E-state index in [4.69, 9.17) is 20.8 Å². The van der Waals surface area contributed by atoms with E-state index in [9.17, 15) is 9.90 Å². The van der Waals surface area contributed by atoms with Crippen LogP contribution in [0, 0.1) is 0 Å². The molecule has 1 atom stereocenters. The number of carbonyl (C=O) groups excluding carboxylic acids is 1. The van der Waals surface area contributed by atoms with Crippen LogP contribution in [0.4, 0.5) is 0 Å². The number of nitrogens with one attached hydrogen (secondary N) is 1. The third-order valence-electron chi connectivity index (χ3n) is 2.74. The molecule has 1 unspecified atom stereocenters. The summed E-state index contributed by atoms with van der Waals surface area (Å²) in [6.45, 7) is 0.0529. The SMILES string of the molecule is COc1cc(C(=O)NCC(O)c2ccco2)ccc1Cl. The van der Waals surface area contributed by atoms with Crippen LogP contribution >= 0.6 is 11.6 Å². The van der Waals surface area contributed by atoms with Crippen LogP contribution in [0.3, 0.4) is 0 Å². The van der Waals surface area contributed by atoms with E-state index in [1.807, 2.05) is 0 Å². The maximum absolute atomic E-state index is 11.9. The summed E-state index contributed by atoms with van der Waals surface area (Å²) in [5, 5.41) is 12.8. The van der Waals surface area contributed by atoms with Gasteiger partial charge in [0.05, 0.1) is 24.9 Å². The van der Waals surface area contributed by atoms with Gasteiger partial charge in [-0.25, -0.2) is 0 Å². The molecule has 0 saturated heterocycles. The molecule has 1 aromatic carbocycles. The van der Waals surface area contributed by atoms with Crippen molar-refractivity contribution in [2.24, 2.45) is 0 Å². The maximum Gasteiger partial charge on any atom is 0.251 e. The number of rotatable bonds is 5. The van der Waals surface area contributed by atoms with Crippen molar-refractivity contribution in [3.63, 3.8) is 0 Å². The summed E-state index contributed by atoms with van der Waals surface area (Å²) in [6, 6.07) is 8.02. The number of methoxy groups -OCH3 is 1. The van der Waals surface area contributed by atoms with Crippen molar-refractivity contribution >= 4 is 17.5 Å². The van der Waals surface area contributed by atoms with Crippen molar-refractivity contribution in [1.82, 2.24) is 5.32 Å². The fourth-order valence-electron chi connectivity index (χ4n) is 1.67. The first-order chi connectivity index (χ1) is 9.61. The molecule has 0 aliphatic carbocycles. The molecular formula is C14H14ClNO4. The molecule has 1 aromatic heterocycles. The highest BCUT2D eigenvalue weighted by atomic mass is 35.5. The number of aliphatic hydroxyl groups excluding tert-OH is 1. The van der Waals surface area contributed by atoms with Gasteiger partial charge in [-0.2, -0.15) is 0 Å². The van der Waals surface area contributed by atoms with Crippen LogP contribution in [0.5, 0.6) is 5.75 Å². The Kier molecular flexibility index (Phi) is 4.65. The Morgan fingerprint density at radius 2 is 2.30 bits per heavy atom. The highest BCUT2D eigenvalue weighted by molar-refractivity contribution is 6.32. The van der Waals surface area contributed by atoms with Crippen LogP contribution in [0.25, 0.3) is 0 Å². The smallest absolute Gasteiger partial charge is 0.251 e. The number of ether oxygens (including phenoxy) is 1. The summed E-state index contributed by atoms with van der Waals surface area (Å²) in [4.78, 5) is 11.9. The molecule has 1 amide bonds.